The quantitative estimate of drug-likeness (QED) is 0.448. The van der Waals surface area contributed by atoms with Crippen molar-refractivity contribution in [3.8, 4) is 0 Å². The van der Waals surface area contributed by atoms with Crippen LogP contribution in [0.1, 0.15) is 27.0 Å². The fraction of sp³-hybridized carbons (Fsp3) is 0.688. The highest BCUT2D eigenvalue weighted by molar-refractivity contribution is 7.47. The molecule has 4 rings (SSSR count). The van der Waals surface area contributed by atoms with Crippen molar-refractivity contribution < 1.29 is 28.3 Å². The van der Waals surface area contributed by atoms with Crippen molar-refractivity contribution in [3.63, 3.8) is 0 Å². The van der Waals surface area contributed by atoms with E-state index in [1.54, 1.807) is 0 Å². The first-order valence-electron chi connectivity index (χ1n) is 9.65. The molecule has 0 radical (unpaired) electrons. The number of imidazole rings is 1. The van der Waals surface area contributed by atoms with E-state index in [-0.39, 0.29) is 17.1 Å². The summed E-state index contributed by atoms with van der Waals surface area (Å²) in [5, 5.41) is 9.35. The highest BCUT2D eigenvalue weighted by Gasteiger charge is 2.57. The number of ether oxygens (including phenoxy) is 1. The van der Waals surface area contributed by atoms with Gasteiger partial charge in [0.1, 0.15) is 18.3 Å². The molecule has 2 fully saturated rings. The van der Waals surface area contributed by atoms with Crippen molar-refractivity contribution in [1.82, 2.24) is 24.4 Å². The maximum Gasteiger partial charge on any atom is 0.473 e. The van der Waals surface area contributed by atoms with Crippen molar-refractivity contribution in [2.24, 2.45) is 0 Å². The largest absolute Gasteiger partial charge is 0.473 e. The summed E-state index contributed by atoms with van der Waals surface area (Å²) in [5.74, 6) is -0.117. The molecule has 2 saturated heterocycles. The van der Waals surface area contributed by atoms with Gasteiger partial charge in [0.2, 0.25) is 5.95 Å². The van der Waals surface area contributed by atoms with E-state index in [4.69, 9.17) is 19.5 Å². The first-order valence-corrected chi connectivity index (χ1v) is 11.1. The van der Waals surface area contributed by atoms with Crippen LogP contribution in [0, 0.1) is 0 Å². The van der Waals surface area contributed by atoms with E-state index in [0.717, 1.165) is 0 Å². The number of nitrogen functional groups attached to an aromatic ring is 1. The Balaban J connectivity index is 0.000000318. The fourth-order valence-corrected chi connectivity index (χ4v) is 4.60. The number of H-pyrrole nitrogens is 1. The number of rotatable bonds is 5. The smallest absolute Gasteiger partial charge is 0.394 e. The lowest BCUT2D eigenvalue weighted by molar-refractivity contribution is -0.0589. The van der Waals surface area contributed by atoms with Crippen molar-refractivity contribution in [1.29, 1.82) is 0 Å². The van der Waals surface area contributed by atoms with E-state index in [2.05, 4.69) is 40.6 Å². The number of anilines is 1. The third kappa shape index (κ3) is 4.42. The molecule has 0 spiro atoms. The average Bonchev–Trinajstić information content (AvgIpc) is 3.34. The zero-order valence-electron chi connectivity index (χ0n) is 17.0. The molecule has 2 aromatic rings. The number of hydrogen-bond donors (Lipinski definition) is 4. The normalized spacial score (nSPS) is 30.5. The van der Waals surface area contributed by atoms with Crippen LogP contribution in [0.2, 0.25) is 0 Å². The van der Waals surface area contributed by atoms with Gasteiger partial charge in [0, 0.05) is 0 Å². The van der Waals surface area contributed by atoms with Gasteiger partial charge in [-0.3, -0.25) is 23.4 Å². The van der Waals surface area contributed by atoms with Crippen LogP contribution in [-0.4, -0.2) is 79.0 Å². The molecule has 5 atom stereocenters. The summed E-state index contributed by atoms with van der Waals surface area (Å²) in [7, 11) is -4.23. The molecule has 13 nitrogen and oxygen atoms in total. The first kappa shape index (κ1) is 22.8. The summed E-state index contributed by atoms with van der Waals surface area (Å²) >= 11 is 0. The standard InChI is InChI=1S/C10H12N5O7P.C6H15N/c11-10-13-7-4(8(17)14-10)12-2-15(7)9-6-5(3(1-16)20-9)21-23(18,19)22-6;1-4-7(5-2)6-3/h2-3,5-6,9,16H,1H2,(H,18,19)(H3,11,13,14,17);4-6H2,1-3H3. The van der Waals surface area contributed by atoms with Gasteiger partial charge in [-0.05, 0) is 19.6 Å². The van der Waals surface area contributed by atoms with Gasteiger partial charge in [-0.1, -0.05) is 20.8 Å². The highest BCUT2D eigenvalue weighted by Crippen LogP contribution is 2.58. The van der Waals surface area contributed by atoms with Crippen molar-refractivity contribution in [3.05, 3.63) is 16.7 Å². The summed E-state index contributed by atoms with van der Waals surface area (Å²) < 4.78 is 28.5. The Labute approximate surface area is 172 Å². The second kappa shape index (κ2) is 9.10. The van der Waals surface area contributed by atoms with Crippen LogP contribution >= 0.6 is 7.82 Å². The van der Waals surface area contributed by atoms with E-state index in [1.807, 2.05) is 0 Å². The molecule has 4 heterocycles. The van der Waals surface area contributed by atoms with Crippen LogP contribution < -0.4 is 11.3 Å². The van der Waals surface area contributed by atoms with Gasteiger partial charge >= 0.3 is 7.82 Å². The number of hydrogen-bond acceptors (Lipinski definition) is 10. The van der Waals surface area contributed by atoms with Crippen LogP contribution in [0.5, 0.6) is 0 Å². The summed E-state index contributed by atoms with van der Waals surface area (Å²) in [6.07, 6.45) is -2.46. The first-order chi connectivity index (χ1) is 14.2. The molecule has 0 aromatic carbocycles. The number of fused-ring (bicyclic) bond motifs is 2. The summed E-state index contributed by atoms with van der Waals surface area (Å²) in [4.78, 5) is 33.9. The molecular formula is C16H27N6O7P. The van der Waals surface area contributed by atoms with Crippen LogP contribution in [0.25, 0.3) is 11.2 Å². The second-order valence-corrected chi connectivity index (χ2v) is 8.11. The zero-order chi connectivity index (χ0) is 22.1. The van der Waals surface area contributed by atoms with Gasteiger partial charge < -0.3 is 25.4 Å². The van der Waals surface area contributed by atoms with Crippen molar-refractivity contribution in [2.75, 3.05) is 32.0 Å². The molecule has 0 bridgehead atoms. The monoisotopic (exact) mass is 446 g/mol. The van der Waals surface area contributed by atoms with Crippen LogP contribution in [-0.2, 0) is 18.3 Å². The average molecular weight is 446 g/mol. The lowest BCUT2D eigenvalue weighted by Gasteiger charge is -2.18. The lowest BCUT2D eigenvalue weighted by Crippen LogP contribution is -2.30. The number of aromatic amines is 1. The molecule has 14 heteroatoms. The van der Waals surface area contributed by atoms with Crippen LogP contribution in [0.15, 0.2) is 11.1 Å². The number of aliphatic hydroxyl groups is 1. The molecule has 5 N–H and O–H groups in total. The number of nitrogens with zero attached hydrogens (tertiary/aromatic N) is 4. The Bertz CT molecular complexity index is 971. The summed E-state index contributed by atoms with van der Waals surface area (Å²) in [5.41, 5.74) is 5.14. The van der Waals surface area contributed by atoms with E-state index in [9.17, 15) is 19.4 Å². The highest BCUT2D eigenvalue weighted by atomic mass is 31.2. The molecular weight excluding hydrogens is 419 g/mol. The second-order valence-electron chi connectivity index (χ2n) is 6.75. The molecule has 0 amide bonds. The summed E-state index contributed by atoms with van der Waals surface area (Å²) in [6, 6.07) is 0. The maximum atomic E-state index is 11.8. The SMILES string of the molecule is CCN(CC)CC.Nc1nc2c(ncn2C2OC(CO)C3OP(=O)(O)OC32)c(=O)[nH]1. The Morgan fingerprint density at radius 2 is 1.90 bits per heavy atom. The Kier molecular flexibility index (Phi) is 6.92. The minimum atomic E-state index is -4.23. The molecule has 0 aliphatic carbocycles. The van der Waals surface area contributed by atoms with Gasteiger partial charge in [-0.15, -0.1) is 0 Å². The van der Waals surface area contributed by atoms with Crippen LogP contribution in [0.4, 0.5) is 5.95 Å². The number of phosphoric ester groups is 1. The van der Waals surface area contributed by atoms with E-state index >= 15 is 0 Å². The van der Waals surface area contributed by atoms with Gasteiger partial charge in [-0.25, -0.2) is 9.55 Å². The number of phosphoric acid groups is 1. The van der Waals surface area contributed by atoms with Gasteiger partial charge in [-0.2, -0.15) is 4.98 Å². The van der Waals surface area contributed by atoms with Crippen molar-refractivity contribution >= 4 is 24.9 Å². The maximum absolute atomic E-state index is 11.8. The number of aliphatic hydroxyl groups excluding tert-OH is 1. The zero-order valence-corrected chi connectivity index (χ0v) is 17.9. The van der Waals surface area contributed by atoms with Gasteiger partial charge in [0.05, 0.1) is 12.9 Å². The third-order valence-corrected chi connectivity index (χ3v) is 6.06. The predicted octanol–water partition coefficient (Wildman–Crippen LogP) is -0.176. The Morgan fingerprint density at radius 3 is 2.47 bits per heavy atom. The van der Waals surface area contributed by atoms with E-state index in [1.165, 1.54) is 30.5 Å². The Hall–Kier alpha value is -1.86. The van der Waals surface area contributed by atoms with E-state index < -0.39 is 44.5 Å². The predicted molar refractivity (Wildman–Crippen MR) is 107 cm³/mol. The molecule has 30 heavy (non-hydrogen) atoms. The minimum absolute atomic E-state index is 0.0258. The molecule has 168 valence electrons. The Morgan fingerprint density at radius 1 is 1.27 bits per heavy atom. The third-order valence-electron chi connectivity index (χ3n) is 5.04. The molecule has 2 aliphatic heterocycles. The summed E-state index contributed by atoms with van der Waals surface area (Å²) in [6.45, 7) is 9.68. The molecule has 2 aromatic heterocycles. The van der Waals surface area contributed by atoms with Gasteiger partial charge in [0.25, 0.3) is 5.56 Å². The number of nitrogens with two attached hydrogens (primary N) is 1. The molecule has 2 aliphatic rings. The lowest BCUT2D eigenvalue weighted by atomic mass is 10.1. The van der Waals surface area contributed by atoms with Crippen LogP contribution in [0.3, 0.4) is 0 Å². The topological polar surface area (TPSA) is 178 Å². The number of nitrogens with one attached hydrogen (secondary N) is 1. The van der Waals surface area contributed by atoms with Crippen molar-refractivity contribution in [2.45, 2.75) is 45.3 Å². The molecule has 0 saturated carbocycles. The molecule has 5 unspecified atom stereocenters. The fourth-order valence-electron chi connectivity index (χ4n) is 3.45. The van der Waals surface area contributed by atoms with E-state index in [0.29, 0.717) is 0 Å². The number of aromatic nitrogens is 4. The van der Waals surface area contributed by atoms with Gasteiger partial charge in [0.15, 0.2) is 17.4 Å². The minimum Gasteiger partial charge on any atom is -0.394 e.